The van der Waals surface area contributed by atoms with E-state index in [9.17, 15) is 9.59 Å². The maximum atomic E-state index is 12.8. The van der Waals surface area contributed by atoms with Gasteiger partial charge in [-0.3, -0.25) is 0 Å². The Hall–Kier alpha value is -2.38. The summed E-state index contributed by atoms with van der Waals surface area (Å²) in [5, 5.41) is 7.23. The number of nitrogens with one attached hydrogen (secondary N) is 2. The molecule has 7 heteroatoms. The van der Waals surface area contributed by atoms with Gasteiger partial charge in [-0.2, -0.15) is 0 Å². The van der Waals surface area contributed by atoms with Gasteiger partial charge in [0.15, 0.2) is 6.10 Å². The zero-order chi connectivity index (χ0) is 27.9. The van der Waals surface area contributed by atoms with Crippen LogP contribution in [0.3, 0.4) is 0 Å². The van der Waals surface area contributed by atoms with Crippen LogP contribution in [0.5, 0.6) is 0 Å². The lowest BCUT2D eigenvalue weighted by atomic mass is 9.81. The molecule has 1 aromatic carbocycles. The molecule has 0 bridgehead atoms. The van der Waals surface area contributed by atoms with E-state index in [1.165, 1.54) is 0 Å². The molecule has 0 aromatic heterocycles. The van der Waals surface area contributed by atoms with Crippen LogP contribution in [0.15, 0.2) is 30.5 Å². The van der Waals surface area contributed by atoms with E-state index in [1.54, 1.807) is 18.4 Å². The molecule has 2 fully saturated rings. The number of allylic oxidation sites excluding steroid dienone is 1. The highest BCUT2D eigenvalue weighted by atomic mass is 16.6. The normalized spacial score (nSPS) is 26.5. The van der Waals surface area contributed by atoms with Crippen LogP contribution in [0.25, 0.3) is 5.57 Å². The fourth-order valence-electron chi connectivity index (χ4n) is 6.87. The molecule has 2 N–H and O–H groups in total. The minimum absolute atomic E-state index is 0.0882. The van der Waals surface area contributed by atoms with Crippen molar-refractivity contribution in [2.75, 3.05) is 0 Å². The summed E-state index contributed by atoms with van der Waals surface area (Å²) in [5.74, 6) is -0.586. The molecule has 1 unspecified atom stereocenters. The second-order valence-corrected chi connectivity index (χ2v) is 14.1. The summed E-state index contributed by atoms with van der Waals surface area (Å²) < 4.78 is 17.6. The SMILES string of the molecule is CC1(C)CC(OC(=O)c2ccc(C3=COC(C(=O)OC4CC(C)(C)NC(C)(C)C4)CC3)cc2)CC(C)(C)N1. The minimum Gasteiger partial charge on any atom is -0.486 e. The molecular weight excluding hydrogens is 480 g/mol. The van der Waals surface area contributed by atoms with Crippen LogP contribution in [-0.2, 0) is 19.0 Å². The van der Waals surface area contributed by atoms with Crippen molar-refractivity contribution in [2.45, 2.75) is 134 Å². The van der Waals surface area contributed by atoms with Crippen molar-refractivity contribution in [1.29, 1.82) is 0 Å². The summed E-state index contributed by atoms with van der Waals surface area (Å²) in [6.45, 7) is 17.1. The van der Waals surface area contributed by atoms with E-state index in [0.29, 0.717) is 18.4 Å². The van der Waals surface area contributed by atoms with Crippen molar-refractivity contribution >= 4 is 17.5 Å². The maximum Gasteiger partial charge on any atom is 0.347 e. The monoisotopic (exact) mass is 526 g/mol. The second kappa shape index (κ2) is 10.3. The van der Waals surface area contributed by atoms with E-state index in [1.807, 2.05) is 12.1 Å². The average Bonchev–Trinajstić information content (AvgIpc) is 2.75. The highest BCUT2D eigenvalue weighted by molar-refractivity contribution is 5.90. The van der Waals surface area contributed by atoms with Gasteiger partial charge in [-0.05, 0) is 91.5 Å². The maximum absolute atomic E-state index is 12.8. The summed E-state index contributed by atoms with van der Waals surface area (Å²) in [6.07, 6.45) is 5.20. The van der Waals surface area contributed by atoms with Gasteiger partial charge in [0.05, 0.1) is 11.8 Å². The molecule has 3 aliphatic heterocycles. The zero-order valence-corrected chi connectivity index (χ0v) is 24.4. The Morgan fingerprint density at radius 2 is 1.24 bits per heavy atom. The largest absolute Gasteiger partial charge is 0.486 e. The van der Waals surface area contributed by atoms with Gasteiger partial charge in [-0.1, -0.05) is 12.1 Å². The number of esters is 2. The third-order valence-corrected chi connectivity index (χ3v) is 7.67. The van der Waals surface area contributed by atoms with Crippen molar-refractivity contribution in [3.05, 3.63) is 41.7 Å². The number of hydrogen-bond acceptors (Lipinski definition) is 7. The van der Waals surface area contributed by atoms with Crippen LogP contribution >= 0.6 is 0 Å². The van der Waals surface area contributed by atoms with Crippen LogP contribution in [0, 0.1) is 0 Å². The van der Waals surface area contributed by atoms with E-state index < -0.39 is 6.10 Å². The molecule has 3 aliphatic rings. The van der Waals surface area contributed by atoms with Gasteiger partial charge < -0.3 is 24.8 Å². The number of hydrogen-bond donors (Lipinski definition) is 2. The fraction of sp³-hybridized carbons (Fsp3) is 0.677. The van der Waals surface area contributed by atoms with Crippen molar-refractivity contribution < 1.29 is 23.8 Å². The van der Waals surface area contributed by atoms with Crippen LogP contribution in [0.2, 0.25) is 0 Å². The quantitative estimate of drug-likeness (QED) is 0.488. The van der Waals surface area contributed by atoms with Crippen LogP contribution in [-0.4, -0.2) is 52.4 Å². The highest BCUT2D eigenvalue weighted by Crippen LogP contribution is 2.33. The first-order chi connectivity index (χ1) is 17.5. The molecule has 0 aliphatic carbocycles. The Morgan fingerprint density at radius 3 is 1.68 bits per heavy atom. The van der Waals surface area contributed by atoms with Gasteiger partial charge >= 0.3 is 11.9 Å². The van der Waals surface area contributed by atoms with E-state index in [-0.39, 0.29) is 46.3 Å². The summed E-state index contributed by atoms with van der Waals surface area (Å²) >= 11 is 0. The first kappa shape index (κ1) is 28.6. The number of carbonyl (C=O) groups is 2. The third-order valence-electron chi connectivity index (χ3n) is 7.67. The third kappa shape index (κ3) is 7.38. The smallest absolute Gasteiger partial charge is 0.347 e. The molecule has 3 heterocycles. The van der Waals surface area contributed by atoms with Crippen LogP contribution in [0.4, 0.5) is 0 Å². The summed E-state index contributed by atoms with van der Waals surface area (Å²) in [4.78, 5) is 25.7. The van der Waals surface area contributed by atoms with E-state index in [4.69, 9.17) is 14.2 Å². The Balaban J connectivity index is 1.31. The lowest BCUT2D eigenvalue weighted by Gasteiger charge is -2.46. The topological polar surface area (TPSA) is 85.9 Å². The van der Waals surface area contributed by atoms with Crippen LogP contribution in [0.1, 0.15) is 110 Å². The van der Waals surface area contributed by atoms with Gasteiger partial charge in [-0.15, -0.1) is 0 Å². The van der Waals surface area contributed by atoms with Crippen molar-refractivity contribution in [2.24, 2.45) is 0 Å². The standard InChI is InChI=1S/C31H46N2O5/c1-28(2)15-23(16-29(3,4)32-28)37-26(34)21-11-9-20(10-12-21)22-13-14-25(36-19-22)27(35)38-24-17-30(5,6)33-31(7,8)18-24/h9-12,19,23-25,32-33H,13-18H2,1-8H3. The molecule has 7 nitrogen and oxygen atoms in total. The van der Waals surface area contributed by atoms with E-state index >= 15 is 0 Å². The van der Waals surface area contributed by atoms with E-state index in [2.05, 4.69) is 66.0 Å². The molecule has 38 heavy (non-hydrogen) atoms. The molecule has 4 rings (SSSR count). The Kier molecular flexibility index (Phi) is 7.76. The van der Waals surface area contributed by atoms with Gasteiger partial charge in [-0.25, -0.2) is 9.59 Å². The first-order valence-corrected chi connectivity index (χ1v) is 14.0. The van der Waals surface area contributed by atoms with Crippen LogP contribution < -0.4 is 10.6 Å². The predicted octanol–water partition coefficient (Wildman–Crippen LogP) is 5.52. The Labute approximate surface area is 228 Å². The number of rotatable bonds is 5. The Morgan fingerprint density at radius 1 is 0.763 bits per heavy atom. The van der Waals surface area contributed by atoms with Gasteiger partial charge in [0.25, 0.3) is 0 Å². The molecule has 0 saturated carbocycles. The van der Waals surface area contributed by atoms with Crippen molar-refractivity contribution in [1.82, 2.24) is 10.6 Å². The zero-order valence-electron chi connectivity index (χ0n) is 24.4. The lowest BCUT2D eigenvalue weighted by molar-refractivity contribution is -0.164. The first-order valence-electron chi connectivity index (χ1n) is 14.0. The number of ether oxygens (including phenoxy) is 3. The number of carbonyl (C=O) groups excluding carboxylic acids is 2. The van der Waals surface area contributed by atoms with E-state index in [0.717, 1.165) is 36.8 Å². The molecule has 1 atom stereocenters. The van der Waals surface area contributed by atoms with Gasteiger partial charge in [0.2, 0.25) is 0 Å². The molecule has 210 valence electrons. The summed E-state index contributed by atoms with van der Waals surface area (Å²) in [7, 11) is 0. The van der Waals surface area contributed by atoms with Crippen molar-refractivity contribution in [3.8, 4) is 0 Å². The molecule has 0 amide bonds. The minimum atomic E-state index is -0.590. The lowest BCUT2D eigenvalue weighted by Crippen LogP contribution is -2.60. The average molecular weight is 527 g/mol. The molecule has 0 spiro atoms. The fourth-order valence-corrected chi connectivity index (χ4v) is 6.87. The molecule has 2 saturated heterocycles. The summed E-state index contributed by atoms with van der Waals surface area (Å²) in [6, 6.07) is 7.44. The van der Waals surface area contributed by atoms with Gasteiger partial charge in [0.1, 0.15) is 12.2 Å². The Bertz CT molecular complexity index is 1040. The number of benzene rings is 1. The second-order valence-electron chi connectivity index (χ2n) is 14.1. The predicted molar refractivity (Wildman–Crippen MR) is 149 cm³/mol. The van der Waals surface area contributed by atoms with Gasteiger partial charge in [0, 0.05) is 47.8 Å². The van der Waals surface area contributed by atoms with Crippen molar-refractivity contribution in [3.63, 3.8) is 0 Å². The number of piperidine rings is 2. The molecular formula is C31H46N2O5. The molecule has 0 radical (unpaired) electrons. The summed E-state index contributed by atoms with van der Waals surface area (Å²) in [5.41, 5.74) is 2.15. The molecule has 1 aromatic rings. The highest BCUT2D eigenvalue weighted by Gasteiger charge is 2.41.